The minimum atomic E-state index is -0.390. The molecule has 0 bridgehead atoms. The lowest BCUT2D eigenvalue weighted by Crippen LogP contribution is -2.08. The molecule has 1 N–H and O–H groups in total. The summed E-state index contributed by atoms with van der Waals surface area (Å²) in [6.45, 7) is 0. The third-order valence-corrected chi connectivity index (χ3v) is 2.72. The molecule has 0 aliphatic carbocycles. The number of carbonyl (C=O) groups excluding carboxylic acids is 2. The Morgan fingerprint density at radius 3 is 2.52 bits per heavy atom. The smallest absolute Gasteiger partial charge is 0.337 e. The molecular weight excluding hydrogens is 270 g/mol. The number of ether oxygens (including phenoxy) is 1. The van der Waals surface area contributed by atoms with Crippen molar-refractivity contribution in [2.24, 2.45) is 7.05 Å². The molecule has 0 aliphatic rings. The minimum absolute atomic E-state index is 0.272. The maximum Gasteiger partial charge on any atom is 0.337 e. The van der Waals surface area contributed by atoms with Crippen LogP contribution in [-0.4, -0.2) is 28.8 Å². The van der Waals surface area contributed by atoms with Crippen LogP contribution < -0.4 is 5.32 Å². The highest BCUT2D eigenvalue weighted by Crippen LogP contribution is 2.08. The van der Waals surface area contributed by atoms with Crippen LogP contribution in [0.5, 0.6) is 0 Å². The van der Waals surface area contributed by atoms with Gasteiger partial charge in [0.2, 0.25) is 5.91 Å². The van der Waals surface area contributed by atoms with Gasteiger partial charge >= 0.3 is 5.97 Å². The van der Waals surface area contributed by atoms with Crippen molar-refractivity contribution in [2.75, 3.05) is 12.4 Å². The van der Waals surface area contributed by atoms with Gasteiger partial charge in [-0.2, -0.15) is 5.10 Å². The molecule has 0 spiro atoms. The second kappa shape index (κ2) is 6.51. The lowest BCUT2D eigenvalue weighted by atomic mass is 10.1. The number of carbonyl (C=O) groups is 2. The van der Waals surface area contributed by atoms with Crippen molar-refractivity contribution in [1.82, 2.24) is 9.78 Å². The number of methoxy groups -OCH3 is 1. The van der Waals surface area contributed by atoms with Gasteiger partial charge in [-0.05, 0) is 23.8 Å². The summed E-state index contributed by atoms with van der Waals surface area (Å²) >= 11 is 0. The van der Waals surface area contributed by atoms with Crippen LogP contribution >= 0.6 is 0 Å². The Morgan fingerprint density at radius 1 is 1.24 bits per heavy atom. The molecule has 108 valence electrons. The number of nitrogens with one attached hydrogen (secondary N) is 1. The van der Waals surface area contributed by atoms with Gasteiger partial charge in [-0.3, -0.25) is 9.48 Å². The van der Waals surface area contributed by atoms with Crippen LogP contribution in [0.1, 0.15) is 15.9 Å². The quantitative estimate of drug-likeness (QED) is 0.687. The number of rotatable bonds is 4. The molecule has 21 heavy (non-hydrogen) atoms. The molecule has 0 radical (unpaired) electrons. The zero-order chi connectivity index (χ0) is 15.2. The highest BCUT2D eigenvalue weighted by Gasteiger charge is 2.04. The van der Waals surface area contributed by atoms with Crippen LogP contribution in [-0.2, 0) is 16.6 Å². The predicted molar refractivity (Wildman–Crippen MR) is 78.7 cm³/mol. The van der Waals surface area contributed by atoms with Crippen molar-refractivity contribution in [3.63, 3.8) is 0 Å². The molecule has 0 fully saturated rings. The second-order valence-corrected chi connectivity index (χ2v) is 4.31. The van der Waals surface area contributed by atoms with Gasteiger partial charge in [-0.15, -0.1) is 0 Å². The number of amides is 1. The molecule has 6 heteroatoms. The van der Waals surface area contributed by atoms with Crippen molar-refractivity contribution in [1.29, 1.82) is 0 Å². The Hall–Kier alpha value is -2.89. The van der Waals surface area contributed by atoms with E-state index in [1.165, 1.54) is 13.2 Å². The van der Waals surface area contributed by atoms with E-state index in [1.54, 1.807) is 54.3 Å². The van der Waals surface area contributed by atoms with Crippen molar-refractivity contribution < 1.29 is 14.3 Å². The first-order chi connectivity index (χ1) is 10.1. The number of aromatic nitrogens is 2. The van der Waals surface area contributed by atoms with Crippen LogP contribution in [0.25, 0.3) is 6.08 Å². The molecule has 1 amide bonds. The monoisotopic (exact) mass is 285 g/mol. The largest absolute Gasteiger partial charge is 0.465 e. The number of aryl methyl sites for hydroxylation is 1. The fourth-order valence-corrected chi connectivity index (χ4v) is 1.67. The molecule has 0 atom stereocenters. The Bertz CT molecular complexity index is 672. The fraction of sp³-hybridized carbons (Fsp3) is 0.133. The lowest BCUT2D eigenvalue weighted by Gasteiger charge is -1.99. The number of benzene rings is 1. The van der Waals surface area contributed by atoms with Gasteiger partial charge in [0.1, 0.15) is 0 Å². The Balaban J connectivity index is 1.97. The molecule has 1 aromatic carbocycles. The fourth-order valence-electron chi connectivity index (χ4n) is 1.67. The average molecular weight is 285 g/mol. The van der Waals surface area contributed by atoms with Crippen molar-refractivity contribution in [3.8, 4) is 0 Å². The van der Waals surface area contributed by atoms with E-state index in [4.69, 9.17) is 0 Å². The third kappa shape index (κ3) is 4.04. The first kappa shape index (κ1) is 14.5. The normalized spacial score (nSPS) is 10.6. The predicted octanol–water partition coefficient (Wildman–Crippen LogP) is 1.86. The topological polar surface area (TPSA) is 73.2 Å². The number of hydrogen-bond donors (Lipinski definition) is 1. The molecule has 0 saturated carbocycles. The number of anilines is 1. The molecule has 2 aromatic rings. The molecule has 6 nitrogen and oxygen atoms in total. The van der Waals surface area contributed by atoms with Gasteiger partial charge < -0.3 is 10.1 Å². The summed E-state index contributed by atoms with van der Waals surface area (Å²) in [5.41, 5.74) is 1.27. The van der Waals surface area contributed by atoms with Gasteiger partial charge in [0.25, 0.3) is 0 Å². The second-order valence-electron chi connectivity index (χ2n) is 4.31. The minimum Gasteiger partial charge on any atom is -0.465 e. The number of hydrogen-bond acceptors (Lipinski definition) is 4. The van der Waals surface area contributed by atoms with E-state index in [9.17, 15) is 9.59 Å². The Labute approximate surface area is 122 Å². The third-order valence-electron chi connectivity index (χ3n) is 2.72. The van der Waals surface area contributed by atoms with Crippen LogP contribution in [0.15, 0.2) is 42.6 Å². The van der Waals surface area contributed by atoms with Crippen LogP contribution in [0, 0.1) is 0 Å². The van der Waals surface area contributed by atoms with Crippen molar-refractivity contribution in [2.45, 2.75) is 0 Å². The highest BCUT2D eigenvalue weighted by atomic mass is 16.5. The van der Waals surface area contributed by atoms with Gasteiger partial charge in [0.15, 0.2) is 5.82 Å². The molecule has 0 aliphatic heterocycles. The molecule has 1 aromatic heterocycles. The molecule has 1 heterocycles. The summed E-state index contributed by atoms with van der Waals surface area (Å²) in [5.74, 6) is -0.169. The van der Waals surface area contributed by atoms with Crippen LogP contribution in [0.4, 0.5) is 5.82 Å². The summed E-state index contributed by atoms with van der Waals surface area (Å²) < 4.78 is 6.21. The van der Waals surface area contributed by atoms with E-state index in [0.29, 0.717) is 11.4 Å². The van der Waals surface area contributed by atoms with Gasteiger partial charge in [-0.1, -0.05) is 12.1 Å². The summed E-state index contributed by atoms with van der Waals surface area (Å²) in [6.07, 6.45) is 4.80. The van der Waals surface area contributed by atoms with Crippen LogP contribution in [0.3, 0.4) is 0 Å². The average Bonchev–Trinajstić information content (AvgIpc) is 2.90. The summed E-state index contributed by atoms with van der Waals surface area (Å²) in [7, 11) is 3.10. The van der Waals surface area contributed by atoms with Crippen molar-refractivity contribution in [3.05, 3.63) is 53.7 Å². The standard InChI is InChI=1S/C15H15N3O3/c1-18-10-9-13(17-18)16-14(19)8-5-11-3-6-12(7-4-11)15(20)21-2/h3-10H,1-2H3,(H,16,17,19). The zero-order valence-electron chi connectivity index (χ0n) is 11.7. The van der Waals surface area contributed by atoms with Crippen LogP contribution in [0.2, 0.25) is 0 Å². The van der Waals surface area contributed by atoms with Gasteiger partial charge in [0, 0.05) is 25.4 Å². The summed E-state index contributed by atoms with van der Waals surface area (Å²) in [5, 5.41) is 6.69. The van der Waals surface area contributed by atoms with Crippen molar-refractivity contribution >= 4 is 23.8 Å². The van der Waals surface area contributed by atoms with Gasteiger partial charge in [0.05, 0.1) is 12.7 Å². The van der Waals surface area contributed by atoms with E-state index >= 15 is 0 Å². The first-order valence-corrected chi connectivity index (χ1v) is 6.25. The molecular formula is C15H15N3O3. The van der Waals surface area contributed by atoms with E-state index in [-0.39, 0.29) is 5.91 Å². The Kier molecular flexibility index (Phi) is 4.50. The first-order valence-electron chi connectivity index (χ1n) is 6.25. The van der Waals surface area contributed by atoms with E-state index < -0.39 is 5.97 Å². The van der Waals surface area contributed by atoms with E-state index in [0.717, 1.165) is 5.56 Å². The maximum absolute atomic E-state index is 11.7. The maximum atomic E-state index is 11.7. The molecule has 0 unspecified atom stereocenters. The Morgan fingerprint density at radius 2 is 1.95 bits per heavy atom. The molecule has 2 rings (SSSR count). The highest BCUT2D eigenvalue weighted by molar-refractivity contribution is 6.01. The summed E-state index contributed by atoms with van der Waals surface area (Å²) in [4.78, 5) is 23.0. The number of nitrogens with zero attached hydrogens (tertiary/aromatic N) is 2. The van der Waals surface area contributed by atoms with E-state index in [1.807, 2.05) is 0 Å². The molecule has 0 saturated heterocycles. The number of esters is 1. The SMILES string of the molecule is COC(=O)c1ccc(C=CC(=O)Nc2ccn(C)n2)cc1. The zero-order valence-corrected chi connectivity index (χ0v) is 11.7. The van der Waals surface area contributed by atoms with Gasteiger partial charge in [-0.25, -0.2) is 4.79 Å². The summed E-state index contributed by atoms with van der Waals surface area (Å²) in [6, 6.07) is 8.45. The van der Waals surface area contributed by atoms with E-state index in [2.05, 4.69) is 15.2 Å². The lowest BCUT2D eigenvalue weighted by molar-refractivity contribution is -0.111.